The van der Waals surface area contributed by atoms with Crippen LogP contribution >= 0.6 is 0 Å². The maximum absolute atomic E-state index is 12.7. The van der Waals surface area contributed by atoms with Crippen LogP contribution in [0.25, 0.3) is 11.0 Å². The summed E-state index contributed by atoms with van der Waals surface area (Å²) in [4.78, 5) is 16.7. The highest BCUT2D eigenvalue weighted by atomic mass is 16.3. The molecule has 0 atom stereocenters. The topological polar surface area (TPSA) is 81.2 Å². The van der Waals surface area contributed by atoms with Crippen molar-refractivity contribution in [1.82, 2.24) is 4.98 Å². The van der Waals surface area contributed by atoms with E-state index in [1.165, 1.54) is 0 Å². The lowest BCUT2D eigenvalue weighted by molar-refractivity contribution is 0.0968. The number of carbonyl (C=O) groups is 1. The number of hydrogen-bond donors (Lipinski definition) is 2. The monoisotopic (exact) mass is 371 g/mol. The van der Waals surface area contributed by atoms with Crippen molar-refractivity contribution in [3.63, 3.8) is 0 Å². The number of Topliss-reactive ketones (excluding diaryl/α,β-unsaturated/α-hetero) is 1. The highest BCUT2D eigenvalue weighted by Crippen LogP contribution is 2.22. The second-order valence-electron chi connectivity index (χ2n) is 6.86. The molecule has 0 fully saturated rings. The molecule has 28 heavy (non-hydrogen) atoms. The number of rotatable bonds is 6. The van der Waals surface area contributed by atoms with E-state index in [9.17, 15) is 4.79 Å². The van der Waals surface area contributed by atoms with Crippen LogP contribution in [0.3, 0.4) is 0 Å². The number of aryl methyl sites for hydroxylation is 1. The molecule has 0 saturated heterocycles. The summed E-state index contributed by atoms with van der Waals surface area (Å²) in [7, 11) is 0. The molecule has 0 radical (unpaired) electrons. The largest absolute Gasteiger partial charge is 0.453 e. The average Bonchev–Trinajstić information content (AvgIpc) is 3.11. The zero-order chi connectivity index (χ0) is 19.5. The number of ketones is 1. The smallest absolute Gasteiger partial charge is 0.202 e. The summed E-state index contributed by atoms with van der Waals surface area (Å²) in [5, 5.41) is 4.23. The third kappa shape index (κ3) is 3.88. The third-order valence-corrected chi connectivity index (χ3v) is 4.62. The van der Waals surface area contributed by atoms with E-state index in [0.29, 0.717) is 24.5 Å². The number of aromatic nitrogens is 1. The number of benzene rings is 2. The molecule has 0 bridgehead atoms. The van der Waals surface area contributed by atoms with E-state index >= 15 is 0 Å². The van der Waals surface area contributed by atoms with Crippen LogP contribution in [0, 0.1) is 6.92 Å². The first kappa shape index (κ1) is 17.8. The highest BCUT2D eigenvalue weighted by molar-refractivity contribution is 5.98. The lowest BCUT2D eigenvalue weighted by Crippen LogP contribution is -2.05. The van der Waals surface area contributed by atoms with Crippen molar-refractivity contribution < 1.29 is 9.21 Å². The minimum Gasteiger partial charge on any atom is -0.453 e. The zero-order valence-corrected chi connectivity index (χ0v) is 15.6. The van der Waals surface area contributed by atoms with Crippen LogP contribution in [0.2, 0.25) is 0 Å². The van der Waals surface area contributed by atoms with Crippen LogP contribution in [-0.4, -0.2) is 10.8 Å². The molecule has 0 unspecified atom stereocenters. The fraction of sp³-hybridized carbons (Fsp3) is 0.130. The fourth-order valence-electron chi connectivity index (χ4n) is 3.19. The number of furan rings is 1. The van der Waals surface area contributed by atoms with Gasteiger partial charge in [-0.05, 0) is 48.4 Å². The summed E-state index contributed by atoms with van der Waals surface area (Å²) in [6, 6.07) is 19.4. The van der Waals surface area contributed by atoms with Crippen molar-refractivity contribution >= 4 is 28.3 Å². The Kier molecular flexibility index (Phi) is 4.81. The van der Waals surface area contributed by atoms with Gasteiger partial charge in [0.05, 0.1) is 5.69 Å². The van der Waals surface area contributed by atoms with Crippen molar-refractivity contribution in [2.45, 2.75) is 19.9 Å². The Bertz CT molecular complexity index is 1150. The maximum atomic E-state index is 12.7. The van der Waals surface area contributed by atoms with Gasteiger partial charge in [0.2, 0.25) is 5.78 Å². The Balaban J connectivity index is 1.46. The van der Waals surface area contributed by atoms with Crippen molar-refractivity contribution in [2.24, 2.45) is 0 Å². The standard InChI is InChI=1S/C23H21N3O2/c1-15-7-8-21-18(10-15)13-22(28-21)20(27)12-16-4-2-5-17(11-16)14-26-19-6-3-9-25-23(19)24/h2-11,13,26H,12,14H2,1H3,(H2,24,25). The van der Waals surface area contributed by atoms with E-state index in [1.807, 2.05) is 67.6 Å². The molecule has 0 spiro atoms. The lowest BCUT2D eigenvalue weighted by Gasteiger charge is -2.09. The second-order valence-corrected chi connectivity index (χ2v) is 6.86. The molecule has 140 valence electrons. The van der Waals surface area contributed by atoms with Crippen molar-refractivity contribution in [3.8, 4) is 0 Å². The quantitative estimate of drug-likeness (QED) is 0.478. The molecule has 3 N–H and O–H groups in total. The molecular weight excluding hydrogens is 350 g/mol. The summed E-state index contributed by atoms with van der Waals surface area (Å²) in [6.45, 7) is 2.62. The number of nitrogens with two attached hydrogens (primary N) is 1. The number of hydrogen-bond acceptors (Lipinski definition) is 5. The van der Waals surface area contributed by atoms with Crippen LogP contribution in [0.1, 0.15) is 27.2 Å². The molecule has 0 aliphatic carbocycles. The first-order valence-electron chi connectivity index (χ1n) is 9.14. The summed E-state index contributed by atoms with van der Waals surface area (Å²) in [6.07, 6.45) is 1.95. The molecule has 2 aromatic heterocycles. The number of nitrogen functional groups attached to an aromatic ring is 1. The molecule has 0 saturated carbocycles. The van der Waals surface area contributed by atoms with Gasteiger partial charge in [0.15, 0.2) is 5.76 Å². The Morgan fingerprint density at radius 3 is 2.79 bits per heavy atom. The third-order valence-electron chi connectivity index (χ3n) is 4.62. The first-order valence-corrected chi connectivity index (χ1v) is 9.14. The molecular formula is C23H21N3O2. The minimum absolute atomic E-state index is 0.0320. The Morgan fingerprint density at radius 2 is 1.93 bits per heavy atom. The van der Waals surface area contributed by atoms with Crippen LogP contribution in [0.5, 0.6) is 0 Å². The summed E-state index contributed by atoms with van der Waals surface area (Å²) < 4.78 is 5.72. The van der Waals surface area contributed by atoms with Gasteiger partial charge in [-0.1, -0.05) is 35.9 Å². The molecule has 2 aromatic carbocycles. The fourth-order valence-corrected chi connectivity index (χ4v) is 3.19. The van der Waals surface area contributed by atoms with Crippen molar-refractivity contribution in [3.05, 3.63) is 89.3 Å². The molecule has 4 rings (SSSR count). The van der Waals surface area contributed by atoms with Gasteiger partial charge in [0.25, 0.3) is 0 Å². The van der Waals surface area contributed by atoms with Gasteiger partial charge in [-0.15, -0.1) is 0 Å². The van der Waals surface area contributed by atoms with Gasteiger partial charge in [-0.25, -0.2) is 4.98 Å². The maximum Gasteiger partial charge on any atom is 0.202 e. The van der Waals surface area contributed by atoms with E-state index in [1.54, 1.807) is 6.20 Å². The van der Waals surface area contributed by atoms with Gasteiger partial charge in [0, 0.05) is 24.5 Å². The van der Waals surface area contributed by atoms with E-state index < -0.39 is 0 Å². The normalized spacial score (nSPS) is 10.9. The SMILES string of the molecule is Cc1ccc2oc(C(=O)Cc3cccc(CNc4cccnc4N)c3)cc2c1. The highest BCUT2D eigenvalue weighted by Gasteiger charge is 2.13. The predicted molar refractivity (Wildman–Crippen MR) is 111 cm³/mol. The molecule has 2 heterocycles. The van der Waals surface area contributed by atoms with Gasteiger partial charge < -0.3 is 15.5 Å². The number of nitrogens with one attached hydrogen (secondary N) is 1. The van der Waals surface area contributed by atoms with Crippen molar-refractivity contribution in [1.29, 1.82) is 0 Å². The van der Waals surface area contributed by atoms with E-state index in [2.05, 4.69) is 10.3 Å². The zero-order valence-electron chi connectivity index (χ0n) is 15.6. The van der Waals surface area contributed by atoms with E-state index in [0.717, 1.165) is 33.3 Å². The van der Waals surface area contributed by atoms with Crippen LogP contribution < -0.4 is 11.1 Å². The number of carbonyl (C=O) groups excluding carboxylic acids is 1. The molecule has 0 amide bonds. The Morgan fingerprint density at radius 1 is 1.07 bits per heavy atom. The van der Waals surface area contributed by atoms with Crippen molar-refractivity contribution in [2.75, 3.05) is 11.1 Å². The van der Waals surface area contributed by atoms with Gasteiger partial charge >= 0.3 is 0 Å². The number of nitrogens with zero attached hydrogens (tertiary/aromatic N) is 1. The second kappa shape index (κ2) is 7.56. The first-order chi connectivity index (χ1) is 13.6. The van der Waals surface area contributed by atoms with Gasteiger partial charge in [-0.3, -0.25) is 4.79 Å². The van der Waals surface area contributed by atoms with E-state index in [4.69, 9.17) is 10.2 Å². The molecule has 5 heteroatoms. The summed E-state index contributed by atoms with van der Waals surface area (Å²) >= 11 is 0. The summed E-state index contributed by atoms with van der Waals surface area (Å²) in [5.74, 6) is 0.830. The predicted octanol–water partition coefficient (Wildman–Crippen LogP) is 4.76. The van der Waals surface area contributed by atoms with Crippen LogP contribution in [0.15, 0.2) is 71.3 Å². The number of fused-ring (bicyclic) bond motifs is 1. The molecule has 4 aromatic rings. The Hall–Kier alpha value is -3.60. The van der Waals surface area contributed by atoms with Gasteiger partial charge in [-0.2, -0.15) is 0 Å². The lowest BCUT2D eigenvalue weighted by atomic mass is 10.0. The number of pyridine rings is 1. The molecule has 0 aliphatic heterocycles. The average molecular weight is 371 g/mol. The Labute approximate surface area is 163 Å². The summed E-state index contributed by atoms with van der Waals surface area (Å²) in [5.41, 5.74) is 10.5. The minimum atomic E-state index is -0.0320. The van der Waals surface area contributed by atoms with Crippen LogP contribution in [0.4, 0.5) is 11.5 Å². The molecule has 5 nitrogen and oxygen atoms in total. The van der Waals surface area contributed by atoms with Gasteiger partial charge in [0.1, 0.15) is 11.4 Å². The number of anilines is 2. The van der Waals surface area contributed by atoms with E-state index in [-0.39, 0.29) is 5.78 Å². The molecule has 0 aliphatic rings. The van der Waals surface area contributed by atoms with Crippen LogP contribution in [-0.2, 0) is 13.0 Å².